The highest BCUT2D eigenvalue weighted by atomic mass is 16.5. The summed E-state index contributed by atoms with van der Waals surface area (Å²) in [5.74, 6) is 0.371. The molecular formula is C20H30O5. The van der Waals surface area contributed by atoms with E-state index >= 15 is 0 Å². The first-order valence-electron chi connectivity index (χ1n) is 9.28. The molecule has 1 saturated carbocycles. The van der Waals surface area contributed by atoms with Crippen molar-refractivity contribution in [2.75, 3.05) is 0 Å². The summed E-state index contributed by atoms with van der Waals surface area (Å²) in [7, 11) is 0. The number of hydrogen-bond donors (Lipinski definition) is 3. The molecule has 0 spiro atoms. The van der Waals surface area contributed by atoms with Gasteiger partial charge in [-0.25, -0.2) is 0 Å². The van der Waals surface area contributed by atoms with Gasteiger partial charge in [0.1, 0.15) is 6.10 Å². The number of aliphatic carboxylic acids is 1. The monoisotopic (exact) mass is 350 g/mol. The molecule has 0 unspecified atom stereocenters. The fourth-order valence-corrected chi connectivity index (χ4v) is 3.64. The highest BCUT2D eigenvalue weighted by molar-refractivity contribution is 5.66. The van der Waals surface area contributed by atoms with Crippen LogP contribution in [0.3, 0.4) is 0 Å². The summed E-state index contributed by atoms with van der Waals surface area (Å²) in [5, 5.41) is 28.9. The van der Waals surface area contributed by atoms with Crippen LogP contribution < -0.4 is 0 Å². The SMILES string of the molecule is CCC=CC[C@H](O)C=C[C@H]1[C@H]2CC(=CCCCC(=O)O)O[C@H]2C[C@H]1O. The lowest BCUT2D eigenvalue weighted by molar-refractivity contribution is -0.137. The van der Waals surface area contributed by atoms with E-state index in [9.17, 15) is 15.0 Å². The number of unbranched alkanes of at least 4 members (excludes halogenated alkanes) is 1. The number of aliphatic hydroxyl groups is 2. The van der Waals surface area contributed by atoms with Gasteiger partial charge in [0, 0.05) is 31.1 Å². The molecule has 1 saturated heterocycles. The second-order valence-corrected chi connectivity index (χ2v) is 6.93. The summed E-state index contributed by atoms with van der Waals surface area (Å²) >= 11 is 0. The van der Waals surface area contributed by atoms with Crippen molar-refractivity contribution in [1.82, 2.24) is 0 Å². The Morgan fingerprint density at radius 2 is 2.20 bits per heavy atom. The summed E-state index contributed by atoms with van der Waals surface area (Å²) in [6.45, 7) is 2.06. The Morgan fingerprint density at radius 1 is 1.40 bits per heavy atom. The first-order chi connectivity index (χ1) is 12.0. The second-order valence-electron chi connectivity index (χ2n) is 6.93. The highest BCUT2D eigenvalue weighted by Gasteiger charge is 2.46. The van der Waals surface area contributed by atoms with Crippen molar-refractivity contribution in [3.63, 3.8) is 0 Å². The number of allylic oxidation sites excluding steroid dienone is 3. The Bertz CT molecular complexity index is 522. The molecule has 2 rings (SSSR count). The third kappa shape index (κ3) is 6.01. The summed E-state index contributed by atoms with van der Waals surface area (Å²) < 4.78 is 5.93. The number of carboxylic acids is 1. The number of carboxylic acid groups (broad SMARTS) is 1. The van der Waals surface area contributed by atoms with Crippen LogP contribution in [0.1, 0.15) is 51.9 Å². The first kappa shape index (κ1) is 19.7. The Balaban J connectivity index is 1.86. The molecule has 5 atom stereocenters. The molecule has 140 valence electrons. The summed E-state index contributed by atoms with van der Waals surface area (Å²) in [5.41, 5.74) is 0. The molecule has 0 radical (unpaired) electrons. The molecular weight excluding hydrogens is 320 g/mol. The first-order valence-corrected chi connectivity index (χ1v) is 9.28. The molecule has 0 aromatic rings. The van der Waals surface area contributed by atoms with Crippen molar-refractivity contribution in [1.29, 1.82) is 0 Å². The van der Waals surface area contributed by atoms with Gasteiger partial charge in [0.05, 0.1) is 18.0 Å². The minimum Gasteiger partial charge on any atom is -0.495 e. The summed E-state index contributed by atoms with van der Waals surface area (Å²) in [6.07, 6.45) is 13.2. The van der Waals surface area contributed by atoms with E-state index in [0.29, 0.717) is 25.7 Å². The molecule has 0 aromatic heterocycles. The lowest BCUT2D eigenvalue weighted by Gasteiger charge is -2.15. The van der Waals surface area contributed by atoms with Crippen LogP contribution in [0.15, 0.2) is 36.1 Å². The van der Waals surface area contributed by atoms with Gasteiger partial charge < -0.3 is 20.1 Å². The quantitative estimate of drug-likeness (QED) is 0.439. The predicted octanol–water partition coefficient (Wildman–Crippen LogP) is 3.18. The molecule has 5 nitrogen and oxygen atoms in total. The zero-order chi connectivity index (χ0) is 18.2. The predicted molar refractivity (Wildman–Crippen MR) is 95.9 cm³/mol. The van der Waals surface area contributed by atoms with Crippen molar-refractivity contribution < 1.29 is 24.9 Å². The number of fused-ring (bicyclic) bond motifs is 1. The fraction of sp³-hybridized carbons (Fsp3) is 0.650. The van der Waals surface area contributed by atoms with Gasteiger partial charge in [-0.1, -0.05) is 31.2 Å². The van der Waals surface area contributed by atoms with Crippen molar-refractivity contribution in [3.8, 4) is 0 Å². The molecule has 2 aliphatic rings. The van der Waals surface area contributed by atoms with Crippen molar-refractivity contribution in [2.45, 2.75) is 70.2 Å². The van der Waals surface area contributed by atoms with Gasteiger partial charge in [0.25, 0.3) is 0 Å². The third-order valence-electron chi connectivity index (χ3n) is 4.93. The fourth-order valence-electron chi connectivity index (χ4n) is 3.64. The van der Waals surface area contributed by atoms with E-state index in [4.69, 9.17) is 9.84 Å². The van der Waals surface area contributed by atoms with Crippen LogP contribution in [-0.4, -0.2) is 39.6 Å². The molecule has 3 N–H and O–H groups in total. The summed E-state index contributed by atoms with van der Waals surface area (Å²) in [4.78, 5) is 10.5. The average molecular weight is 350 g/mol. The van der Waals surface area contributed by atoms with Gasteiger partial charge >= 0.3 is 5.97 Å². The molecule has 2 fully saturated rings. The number of hydrogen-bond acceptors (Lipinski definition) is 4. The average Bonchev–Trinajstić information content (AvgIpc) is 3.06. The van der Waals surface area contributed by atoms with Crippen LogP contribution in [0.2, 0.25) is 0 Å². The molecule has 0 bridgehead atoms. The maximum atomic E-state index is 10.5. The highest BCUT2D eigenvalue weighted by Crippen LogP contribution is 2.45. The molecule has 5 heteroatoms. The normalized spacial score (nSPS) is 31.7. The van der Waals surface area contributed by atoms with E-state index in [0.717, 1.165) is 18.6 Å². The van der Waals surface area contributed by atoms with E-state index in [2.05, 4.69) is 6.92 Å². The van der Waals surface area contributed by atoms with Crippen molar-refractivity contribution >= 4 is 5.97 Å². The van der Waals surface area contributed by atoms with Crippen LogP contribution in [0.25, 0.3) is 0 Å². The van der Waals surface area contributed by atoms with E-state index in [1.807, 2.05) is 24.3 Å². The van der Waals surface area contributed by atoms with E-state index < -0.39 is 18.2 Å². The van der Waals surface area contributed by atoms with Crippen LogP contribution in [0, 0.1) is 11.8 Å². The van der Waals surface area contributed by atoms with Crippen LogP contribution in [0.5, 0.6) is 0 Å². The van der Waals surface area contributed by atoms with Crippen LogP contribution >= 0.6 is 0 Å². The molecule has 0 aromatic carbocycles. The van der Waals surface area contributed by atoms with Gasteiger partial charge in [-0.3, -0.25) is 4.79 Å². The maximum Gasteiger partial charge on any atom is 0.303 e. The summed E-state index contributed by atoms with van der Waals surface area (Å²) in [6, 6.07) is 0. The lowest BCUT2D eigenvalue weighted by Crippen LogP contribution is -2.17. The number of carbonyl (C=O) groups is 1. The van der Waals surface area contributed by atoms with Gasteiger partial charge in [-0.2, -0.15) is 0 Å². The lowest BCUT2D eigenvalue weighted by atomic mass is 9.90. The van der Waals surface area contributed by atoms with Gasteiger partial charge in [-0.15, -0.1) is 0 Å². The smallest absolute Gasteiger partial charge is 0.303 e. The Labute approximate surface area is 149 Å². The molecule has 1 heterocycles. The second kappa shape index (κ2) is 9.78. The Hall–Kier alpha value is -1.59. The molecule has 1 aliphatic heterocycles. The minimum absolute atomic E-state index is 0.000255. The largest absolute Gasteiger partial charge is 0.495 e. The minimum atomic E-state index is -0.775. The molecule has 0 amide bonds. The van der Waals surface area contributed by atoms with Gasteiger partial charge in [0.15, 0.2) is 0 Å². The number of rotatable bonds is 9. The topological polar surface area (TPSA) is 87.0 Å². The zero-order valence-corrected chi connectivity index (χ0v) is 14.9. The third-order valence-corrected chi connectivity index (χ3v) is 4.93. The van der Waals surface area contributed by atoms with Gasteiger partial charge in [0.2, 0.25) is 0 Å². The number of aliphatic hydroxyl groups excluding tert-OH is 2. The maximum absolute atomic E-state index is 10.5. The molecule has 1 aliphatic carbocycles. The standard InChI is InChI=1S/C20H30O5/c1-2-3-4-7-14(21)10-11-16-17-12-15(8-5-6-9-20(23)24)25-19(17)13-18(16)22/h3-4,8,10-11,14,16-19,21-22H,2,5-7,9,12-13H2,1H3,(H,23,24)/t14-,16-,17+,18+,19-/m0/s1. The number of ether oxygens (including phenoxy) is 1. The van der Waals surface area contributed by atoms with Crippen molar-refractivity contribution in [2.24, 2.45) is 11.8 Å². The van der Waals surface area contributed by atoms with E-state index in [1.165, 1.54) is 0 Å². The van der Waals surface area contributed by atoms with Crippen LogP contribution in [-0.2, 0) is 9.53 Å². The van der Waals surface area contributed by atoms with E-state index in [-0.39, 0.29) is 24.4 Å². The van der Waals surface area contributed by atoms with Crippen LogP contribution in [0.4, 0.5) is 0 Å². The van der Waals surface area contributed by atoms with Crippen molar-refractivity contribution in [3.05, 3.63) is 36.1 Å². The zero-order valence-electron chi connectivity index (χ0n) is 14.9. The van der Waals surface area contributed by atoms with E-state index in [1.54, 1.807) is 6.08 Å². The Kier molecular flexibility index (Phi) is 7.72. The van der Waals surface area contributed by atoms with Gasteiger partial charge in [-0.05, 0) is 31.8 Å². The Morgan fingerprint density at radius 3 is 2.92 bits per heavy atom. The molecule has 25 heavy (non-hydrogen) atoms.